The number of benzene rings is 1. The Morgan fingerprint density at radius 1 is 1.39 bits per heavy atom. The molecular formula is C13H17N3O2. The fraction of sp³-hybridized carbons (Fsp3) is 0.385. The molecule has 96 valence electrons. The molecule has 3 N–H and O–H groups in total. The number of carbonyl (C=O) groups excluding carboxylic acids is 1. The molecule has 0 atom stereocenters. The van der Waals surface area contributed by atoms with Gasteiger partial charge >= 0.3 is 6.03 Å². The second kappa shape index (κ2) is 6.03. The Labute approximate surface area is 106 Å². The van der Waals surface area contributed by atoms with Crippen LogP contribution in [0.1, 0.15) is 19.4 Å². The van der Waals surface area contributed by atoms with Crippen LogP contribution in [-0.2, 0) is 6.42 Å². The van der Waals surface area contributed by atoms with Crippen LogP contribution in [-0.4, -0.2) is 23.3 Å². The highest BCUT2D eigenvalue weighted by Crippen LogP contribution is 2.10. The third-order valence-corrected chi connectivity index (χ3v) is 2.34. The van der Waals surface area contributed by atoms with Gasteiger partial charge in [-0.15, -0.1) is 0 Å². The molecule has 0 aliphatic heterocycles. The van der Waals surface area contributed by atoms with E-state index < -0.39 is 5.54 Å². The largest absolute Gasteiger partial charge is 0.394 e. The summed E-state index contributed by atoms with van der Waals surface area (Å²) < 4.78 is 0. The van der Waals surface area contributed by atoms with Crippen molar-refractivity contribution in [2.45, 2.75) is 25.8 Å². The highest BCUT2D eigenvalue weighted by atomic mass is 16.3. The summed E-state index contributed by atoms with van der Waals surface area (Å²) in [6.07, 6.45) is 0.351. The molecule has 5 nitrogen and oxygen atoms in total. The fourth-order valence-corrected chi connectivity index (χ4v) is 1.31. The second-order valence-corrected chi connectivity index (χ2v) is 4.65. The van der Waals surface area contributed by atoms with Crippen LogP contribution in [0.2, 0.25) is 0 Å². The highest BCUT2D eigenvalue weighted by molar-refractivity contribution is 5.89. The number of aliphatic hydroxyl groups excluding tert-OH is 1. The van der Waals surface area contributed by atoms with Crippen LogP contribution in [0.4, 0.5) is 10.5 Å². The minimum atomic E-state index is -0.662. The Balaban J connectivity index is 2.57. The lowest BCUT2D eigenvalue weighted by Crippen LogP contribution is -2.48. The molecule has 1 rings (SSSR count). The quantitative estimate of drug-likeness (QED) is 0.756. The molecule has 0 aromatic heterocycles. The number of rotatable bonds is 4. The van der Waals surface area contributed by atoms with Gasteiger partial charge in [0.05, 0.1) is 24.6 Å². The maximum absolute atomic E-state index is 11.6. The van der Waals surface area contributed by atoms with Crippen LogP contribution in [0.5, 0.6) is 0 Å². The van der Waals surface area contributed by atoms with E-state index in [1.54, 1.807) is 38.1 Å². The minimum Gasteiger partial charge on any atom is -0.394 e. The summed E-state index contributed by atoms with van der Waals surface area (Å²) in [6, 6.07) is 8.73. The van der Waals surface area contributed by atoms with Gasteiger partial charge in [-0.05, 0) is 31.5 Å². The predicted octanol–water partition coefficient (Wildman–Crippen LogP) is 1.65. The molecule has 0 radical (unpaired) electrons. The number of carbonyl (C=O) groups is 1. The van der Waals surface area contributed by atoms with Crippen LogP contribution < -0.4 is 10.6 Å². The van der Waals surface area contributed by atoms with E-state index in [0.717, 1.165) is 5.56 Å². The first-order chi connectivity index (χ1) is 8.46. The summed E-state index contributed by atoms with van der Waals surface area (Å²) in [5, 5.41) is 22.9. The van der Waals surface area contributed by atoms with E-state index in [1.165, 1.54) is 0 Å². The van der Waals surface area contributed by atoms with Gasteiger partial charge < -0.3 is 15.7 Å². The van der Waals surface area contributed by atoms with Gasteiger partial charge in [0, 0.05) is 5.69 Å². The van der Waals surface area contributed by atoms with E-state index >= 15 is 0 Å². The third kappa shape index (κ3) is 4.44. The first-order valence-corrected chi connectivity index (χ1v) is 5.63. The fourth-order valence-electron chi connectivity index (χ4n) is 1.31. The monoisotopic (exact) mass is 247 g/mol. The average molecular weight is 247 g/mol. The number of urea groups is 1. The van der Waals surface area contributed by atoms with Gasteiger partial charge in [0.1, 0.15) is 0 Å². The van der Waals surface area contributed by atoms with Crippen molar-refractivity contribution in [2.75, 3.05) is 11.9 Å². The molecule has 0 bridgehead atoms. The Morgan fingerprint density at radius 2 is 2.00 bits per heavy atom. The molecule has 0 fully saturated rings. The standard InChI is InChI=1S/C13H17N3O2/c1-13(2,9-17)16-12(18)15-11-5-3-10(4-6-11)7-8-14/h3-6,17H,7,9H2,1-2H3,(H2,15,16,18). The van der Waals surface area contributed by atoms with Crippen LogP contribution in [0.3, 0.4) is 0 Å². The molecule has 2 amide bonds. The van der Waals surface area contributed by atoms with E-state index in [4.69, 9.17) is 10.4 Å². The van der Waals surface area contributed by atoms with E-state index in [1.807, 2.05) is 0 Å². The van der Waals surface area contributed by atoms with Crippen LogP contribution in [0.25, 0.3) is 0 Å². The van der Waals surface area contributed by atoms with E-state index in [2.05, 4.69) is 16.7 Å². The molecule has 18 heavy (non-hydrogen) atoms. The number of nitrogens with zero attached hydrogens (tertiary/aromatic N) is 1. The Kier molecular flexibility index (Phi) is 4.69. The molecule has 1 aromatic carbocycles. The van der Waals surface area contributed by atoms with Crippen molar-refractivity contribution in [3.05, 3.63) is 29.8 Å². The maximum Gasteiger partial charge on any atom is 0.319 e. The van der Waals surface area contributed by atoms with Gasteiger partial charge in [0.2, 0.25) is 0 Å². The van der Waals surface area contributed by atoms with Crippen LogP contribution in [0.15, 0.2) is 24.3 Å². The molecule has 0 spiro atoms. The zero-order valence-electron chi connectivity index (χ0n) is 10.5. The molecule has 0 saturated heterocycles. The Morgan fingerprint density at radius 3 is 2.50 bits per heavy atom. The lowest BCUT2D eigenvalue weighted by molar-refractivity contribution is 0.187. The summed E-state index contributed by atoms with van der Waals surface area (Å²) in [4.78, 5) is 11.6. The third-order valence-electron chi connectivity index (χ3n) is 2.34. The van der Waals surface area contributed by atoms with Gasteiger partial charge in [0.15, 0.2) is 0 Å². The normalized spacial score (nSPS) is 10.6. The van der Waals surface area contributed by atoms with Crippen molar-refractivity contribution < 1.29 is 9.90 Å². The van der Waals surface area contributed by atoms with Gasteiger partial charge in [-0.3, -0.25) is 0 Å². The number of aliphatic hydroxyl groups is 1. The van der Waals surface area contributed by atoms with Crippen molar-refractivity contribution in [3.63, 3.8) is 0 Å². The molecule has 0 unspecified atom stereocenters. The molecule has 0 aliphatic rings. The lowest BCUT2D eigenvalue weighted by Gasteiger charge is -2.23. The molecule has 0 saturated carbocycles. The zero-order valence-corrected chi connectivity index (χ0v) is 10.5. The first-order valence-electron chi connectivity index (χ1n) is 5.63. The molecule has 5 heteroatoms. The van der Waals surface area contributed by atoms with Crippen LogP contribution >= 0.6 is 0 Å². The highest BCUT2D eigenvalue weighted by Gasteiger charge is 2.18. The van der Waals surface area contributed by atoms with Crippen molar-refractivity contribution in [1.82, 2.24) is 5.32 Å². The van der Waals surface area contributed by atoms with E-state index in [0.29, 0.717) is 12.1 Å². The predicted molar refractivity (Wildman–Crippen MR) is 69.1 cm³/mol. The van der Waals surface area contributed by atoms with Gasteiger partial charge in [-0.1, -0.05) is 12.1 Å². The van der Waals surface area contributed by atoms with Crippen molar-refractivity contribution in [3.8, 4) is 6.07 Å². The summed E-state index contributed by atoms with van der Waals surface area (Å²) >= 11 is 0. The lowest BCUT2D eigenvalue weighted by atomic mass is 10.1. The van der Waals surface area contributed by atoms with Crippen molar-refractivity contribution in [1.29, 1.82) is 5.26 Å². The van der Waals surface area contributed by atoms with Crippen molar-refractivity contribution in [2.24, 2.45) is 0 Å². The smallest absolute Gasteiger partial charge is 0.319 e. The minimum absolute atomic E-state index is 0.137. The number of amides is 2. The Hall–Kier alpha value is -2.06. The number of anilines is 1. The second-order valence-electron chi connectivity index (χ2n) is 4.65. The molecule has 1 aromatic rings. The number of nitrogens with one attached hydrogen (secondary N) is 2. The van der Waals surface area contributed by atoms with Gasteiger partial charge in [0.25, 0.3) is 0 Å². The average Bonchev–Trinajstić information content (AvgIpc) is 2.31. The molecule has 0 heterocycles. The summed E-state index contributed by atoms with van der Waals surface area (Å²) in [5.41, 5.74) is 0.882. The summed E-state index contributed by atoms with van der Waals surface area (Å²) in [6.45, 7) is 3.31. The van der Waals surface area contributed by atoms with E-state index in [9.17, 15) is 4.79 Å². The summed E-state index contributed by atoms with van der Waals surface area (Å²) in [7, 11) is 0. The molecular weight excluding hydrogens is 230 g/mol. The van der Waals surface area contributed by atoms with Gasteiger partial charge in [-0.25, -0.2) is 4.79 Å². The topological polar surface area (TPSA) is 85.2 Å². The molecule has 0 aliphatic carbocycles. The maximum atomic E-state index is 11.6. The number of nitriles is 1. The Bertz CT molecular complexity index is 446. The van der Waals surface area contributed by atoms with Crippen LogP contribution in [0, 0.1) is 11.3 Å². The SMILES string of the molecule is CC(C)(CO)NC(=O)Nc1ccc(CC#N)cc1. The zero-order chi connectivity index (χ0) is 13.6. The number of hydrogen-bond donors (Lipinski definition) is 3. The van der Waals surface area contributed by atoms with Gasteiger partial charge in [-0.2, -0.15) is 5.26 Å². The number of hydrogen-bond acceptors (Lipinski definition) is 3. The summed E-state index contributed by atoms with van der Waals surface area (Å²) in [5.74, 6) is 0. The van der Waals surface area contributed by atoms with E-state index in [-0.39, 0.29) is 12.6 Å². The van der Waals surface area contributed by atoms with Crippen molar-refractivity contribution >= 4 is 11.7 Å². The first kappa shape index (κ1) is 14.0.